The molecule has 0 aliphatic heterocycles. The molecule has 0 bridgehead atoms. The van der Waals surface area contributed by atoms with Gasteiger partial charge in [-0.1, -0.05) is 103 Å². The van der Waals surface area contributed by atoms with Gasteiger partial charge in [0.25, 0.3) is 0 Å². The van der Waals surface area contributed by atoms with Crippen molar-refractivity contribution in [1.29, 1.82) is 0 Å². The van der Waals surface area contributed by atoms with Gasteiger partial charge in [0.05, 0.1) is 62.3 Å². The minimum absolute atomic E-state index is 0.0579. The first-order chi connectivity index (χ1) is 45.4. The van der Waals surface area contributed by atoms with Crippen molar-refractivity contribution in [2.75, 3.05) is 41.0 Å². The monoisotopic (exact) mass is 1400 g/mol. The third-order valence-electron chi connectivity index (χ3n) is 12.2. The molecule has 0 saturated heterocycles. The van der Waals surface area contributed by atoms with Crippen molar-refractivity contribution in [3.05, 3.63) is 309 Å². The Hall–Kier alpha value is -8.32. The van der Waals surface area contributed by atoms with Crippen LogP contribution in [0.15, 0.2) is 238 Å². The summed E-state index contributed by atoms with van der Waals surface area (Å²) >= 11 is 2.19. The Balaban J connectivity index is 0.000000536. The number of hydrogen-bond acceptors (Lipinski definition) is 14. The van der Waals surface area contributed by atoms with Crippen molar-refractivity contribution in [2.24, 2.45) is 0 Å². The highest BCUT2D eigenvalue weighted by molar-refractivity contribution is 7.94. The van der Waals surface area contributed by atoms with E-state index < -0.39 is 37.1 Å². The van der Waals surface area contributed by atoms with Crippen LogP contribution in [-0.2, 0) is 38.1 Å². The third kappa shape index (κ3) is 38.3. The minimum atomic E-state index is -3.30. The number of nitrogens with zero attached hydrogens (tertiary/aromatic N) is 2. The molecule has 10 aromatic rings. The zero-order valence-corrected chi connectivity index (χ0v) is 59.9. The Labute approximate surface area is 572 Å². The van der Waals surface area contributed by atoms with Gasteiger partial charge in [0.2, 0.25) is 0 Å². The van der Waals surface area contributed by atoms with Crippen LogP contribution >= 0.6 is 24.1 Å². The van der Waals surface area contributed by atoms with Crippen LogP contribution in [-0.4, -0.2) is 67.8 Å². The second-order valence-electron chi connectivity index (χ2n) is 20.3. The summed E-state index contributed by atoms with van der Waals surface area (Å²) in [7, 11) is -0.229. The van der Waals surface area contributed by atoms with Gasteiger partial charge in [-0.25, -0.2) is 53.0 Å². The highest BCUT2D eigenvalue weighted by atomic mass is 32.2. The van der Waals surface area contributed by atoms with Crippen molar-refractivity contribution >= 4 is 43.8 Å². The number of pyridine rings is 2. The summed E-state index contributed by atoms with van der Waals surface area (Å²) in [6.45, 7) is 18.4. The fourth-order valence-corrected chi connectivity index (χ4v) is 9.66. The number of rotatable bonds is 10. The van der Waals surface area contributed by atoms with Crippen LogP contribution in [0.3, 0.4) is 0 Å². The van der Waals surface area contributed by atoms with Crippen LogP contribution in [0, 0.1) is 104 Å². The smallest absolute Gasteiger partial charge is 0.175 e. The molecule has 0 unspecified atom stereocenters. The van der Waals surface area contributed by atoms with Gasteiger partial charge in [0, 0.05) is 58.7 Å². The summed E-state index contributed by atoms with van der Waals surface area (Å²) in [5.74, 6) is -0.624. The first-order valence-electron chi connectivity index (χ1n) is 28.9. The zero-order chi connectivity index (χ0) is 72.2. The summed E-state index contributed by atoms with van der Waals surface area (Å²) < 4.78 is 138. The summed E-state index contributed by atoms with van der Waals surface area (Å²) in [5, 5.41) is 0. The molecule has 0 N–H and O–H groups in total. The van der Waals surface area contributed by atoms with Gasteiger partial charge in [0.15, 0.2) is 19.7 Å². The highest BCUT2D eigenvalue weighted by Crippen LogP contribution is 2.23. The molecule has 0 amide bonds. The molecule has 0 fully saturated rings. The van der Waals surface area contributed by atoms with Crippen molar-refractivity contribution in [3.63, 3.8) is 0 Å². The van der Waals surface area contributed by atoms with E-state index in [2.05, 4.69) is 28.4 Å². The number of methoxy groups -OCH3 is 2. The van der Waals surface area contributed by atoms with E-state index in [0.29, 0.717) is 37.8 Å². The second-order valence-corrected chi connectivity index (χ2v) is 25.8. The first-order valence-corrected chi connectivity index (χ1v) is 34.2. The average Bonchev–Trinajstić information content (AvgIpc) is 0.890. The molecule has 516 valence electrons. The van der Waals surface area contributed by atoms with Crippen molar-refractivity contribution < 1.29 is 71.1 Å². The Morgan fingerprint density at radius 3 is 1.12 bits per heavy atom. The van der Waals surface area contributed by atoms with Gasteiger partial charge in [0.1, 0.15) is 46.4 Å². The maximum atomic E-state index is 12.9. The Kier molecular flexibility index (Phi) is 42.4. The van der Waals surface area contributed by atoms with Crippen LogP contribution in [0.1, 0.15) is 55.8 Å². The number of para-hydroxylation sites is 1. The molecule has 2 heterocycles. The standard InChI is InChI=1S/2C8H9FO2S.C8H9FO.2C8H10O2S.C8H10O.C7H6F2.C7H7F.2C6H7N/c1-6-3-4-7(5-8(6)9)12-11-10-2;1-6-3-4-7(9)5-8(6)12(2,10)11;1-6-3-4-7(9)5-8(6)10-2;1-7-3-5-8(6-4-7)11-10-9-2;1-7-5-3-4-6-8(7)11(2,9)10;1-7-5-3-4-6-8(7)9-2;1-5-2-3-6(8)4-7(5)9;1-6-4-2-3-5-7(6)8;1-6-2-4-7-5-3-6;1-6-4-2-3-5-7-6/h2*3-5H,1-2H3;3-5H,1-2H3;2*3-6H,1-2H3;3-6H,1-2H3;2-4H,1H3;2-5H,1H3;2*2-5H,1H3. The largest absolute Gasteiger partial charge is 0.496 e. The van der Waals surface area contributed by atoms with E-state index >= 15 is 0 Å². The zero-order valence-electron chi connectivity index (χ0n) is 56.7. The fourth-order valence-electron chi connectivity index (χ4n) is 6.88. The Bertz CT molecular complexity index is 3990. The van der Waals surface area contributed by atoms with Crippen molar-refractivity contribution in [2.45, 2.75) is 88.8 Å². The van der Waals surface area contributed by atoms with Gasteiger partial charge in [-0.2, -0.15) is 8.67 Å². The maximum Gasteiger partial charge on any atom is 0.175 e. The number of ether oxygens (including phenoxy) is 2. The van der Waals surface area contributed by atoms with Crippen molar-refractivity contribution in [3.8, 4) is 11.5 Å². The second kappa shape index (κ2) is 47.6. The molecule has 2 aromatic heterocycles. The van der Waals surface area contributed by atoms with E-state index in [4.69, 9.17) is 9.47 Å². The molecular formula is C74H84F6N2O10S4. The fraction of sp³-hybridized carbons (Fsp3) is 0.216. The Morgan fingerprint density at radius 2 is 0.750 bits per heavy atom. The molecular weight excluding hydrogens is 1320 g/mol. The summed E-state index contributed by atoms with van der Waals surface area (Å²) in [5.41, 5.74) is 8.86. The van der Waals surface area contributed by atoms with E-state index in [1.807, 2.05) is 126 Å². The van der Waals surface area contributed by atoms with E-state index in [1.165, 1.54) is 105 Å². The van der Waals surface area contributed by atoms with Gasteiger partial charge in [-0.05, 0) is 205 Å². The number of aromatic nitrogens is 2. The van der Waals surface area contributed by atoms with Gasteiger partial charge < -0.3 is 9.47 Å². The molecule has 0 radical (unpaired) electrons. The molecule has 0 spiro atoms. The predicted octanol–water partition coefficient (Wildman–Crippen LogP) is 19.6. The topological polar surface area (TPSA) is 149 Å². The number of hydrogen-bond donors (Lipinski definition) is 0. The molecule has 0 atom stereocenters. The maximum absolute atomic E-state index is 12.9. The molecule has 8 aromatic carbocycles. The van der Waals surface area contributed by atoms with Crippen LogP contribution in [0.2, 0.25) is 0 Å². The molecule has 0 aliphatic rings. The minimum Gasteiger partial charge on any atom is -0.496 e. The van der Waals surface area contributed by atoms with Crippen LogP contribution in [0.4, 0.5) is 26.3 Å². The molecule has 22 heteroatoms. The first kappa shape index (κ1) is 85.7. The van der Waals surface area contributed by atoms with Gasteiger partial charge >= 0.3 is 0 Å². The van der Waals surface area contributed by atoms with E-state index in [0.717, 1.165) is 57.9 Å². The normalized spacial score (nSPS) is 9.98. The molecule has 96 heavy (non-hydrogen) atoms. The molecule has 0 aliphatic carbocycles. The summed E-state index contributed by atoms with van der Waals surface area (Å²) in [6.07, 6.45) is 7.64. The third-order valence-corrected chi connectivity index (χ3v) is 16.0. The lowest BCUT2D eigenvalue weighted by Gasteiger charge is -2.02. The SMILES string of the molecule is COOSc1ccc(C)c(F)c1.COOSc1ccc(C)cc1.COc1cc(F)ccc1C.COc1ccccc1C.Cc1ccc(F)cc1F.Cc1ccc(F)cc1S(C)(=O)=O.Cc1ccccc1F.Cc1ccccc1S(C)(=O)=O.Cc1ccccn1.Cc1ccncc1. The molecule has 12 nitrogen and oxygen atoms in total. The lowest BCUT2D eigenvalue weighted by atomic mass is 10.2. The van der Waals surface area contributed by atoms with Crippen LogP contribution in [0.5, 0.6) is 11.5 Å². The van der Waals surface area contributed by atoms with E-state index in [9.17, 15) is 43.2 Å². The quantitative estimate of drug-likeness (QED) is 0.0553. The van der Waals surface area contributed by atoms with Crippen LogP contribution in [0.25, 0.3) is 0 Å². The van der Waals surface area contributed by atoms with E-state index in [1.54, 1.807) is 109 Å². The highest BCUT2D eigenvalue weighted by Gasteiger charge is 2.11. The predicted molar refractivity (Wildman–Crippen MR) is 374 cm³/mol. The lowest BCUT2D eigenvalue weighted by molar-refractivity contribution is -0.160. The van der Waals surface area contributed by atoms with Gasteiger partial charge in [-0.3, -0.25) is 9.97 Å². The number of sulfone groups is 2. The van der Waals surface area contributed by atoms with Crippen LogP contribution < -0.4 is 9.47 Å². The number of benzene rings is 8. The molecule has 0 saturated carbocycles. The van der Waals surface area contributed by atoms with E-state index in [-0.39, 0.29) is 22.3 Å². The number of aryl methyl sites for hydroxylation is 10. The number of halogens is 6. The average molecular weight is 1400 g/mol. The Morgan fingerprint density at radius 1 is 0.344 bits per heavy atom. The molecule has 10 rings (SSSR count). The van der Waals surface area contributed by atoms with Gasteiger partial charge in [-0.15, -0.1) is 0 Å². The summed E-state index contributed by atoms with van der Waals surface area (Å²) in [6, 6.07) is 56.0. The van der Waals surface area contributed by atoms with Crippen molar-refractivity contribution in [1.82, 2.24) is 9.97 Å². The summed E-state index contributed by atoms with van der Waals surface area (Å²) in [4.78, 5) is 18.8. The lowest BCUT2D eigenvalue weighted by Crippen LogP contribution is -2.00.